The molecule has 1 heterocycles. The molecule has 0 aliphatic rings. The fourth-order valence-electron chi connectivity index (χ4n) is 1.82. The zero-order chi connectivity index (χ0) is 14.5. The van der Waals surface area contributed by atoms with Crippen molar-refractivity contribution in [1.29, 1.82) is 0 Å². The third-order valence-electron chi connectivity index (χ3n) is 3.58. The van der Waals surface area contributed by atoms with Crippen molar-refractivity contribution in [2.75, 3.05) is 6.54 Å². The van der Waals surface area contributed by atoms with Gasteiger partial charge in [-0.15, -0.1) is 12.4 Å². The van der Waals surface area contributed by atoms with Crippen LogP contribution in [-0.4, -0.2) is 28.2 Å². The number of amides is 1. The average molecular weight is 301 g/mol. The highest BCUT2D eigenvalue weighted by Crippen LogP contribution is 2.11. The zero-order valence-corrected chi connectivity index (χ0v) is 13.5. The third-order valence-corrected chi connectivity index (χ3v) is 3.58. The molecule has 0 aromatic carbocycles. The van der Waals surface area contributed by atoms with Crippen LogP contribution < -0.4 is 11.1 Å². The monoisotopic (exact) mass is 300 g/mol. The fraction of sp³-hybridized carbons (Fsp3) is 0.643. The van der Waals surface area contributed by atoms with Crippen LogP contribution in [0.1, 0.15) is 55.4 Å². The van der Waals surface area contributed by atoms with Crippen LogP contribution in [-0.2, 0) is 6.42 Å². The van der Waals surface area contributed by atoms with E-state index in [1.54, 1.807) is 6.07 Å². The molecule has 0 saturated carbocycles. The molecular weight excluding hydrogens is 276 g/mol. The van der Waals surface area contributed by atoms with Crippen LogP contribution in [0.3, 0.4) is 0 Å². The van der Waals surface area contributed by atoms with Gasteiger partial charge in [0.05, 0.1) is 17.0 Å². The Labute approximate surface area is 127 Å². The van der Waals surface area contributed by atoms with Crippen LogP contribution in [0, 0.1) is 6.92 Å². The maximum Gasteiger partial charge on any atom is 0.253 e. The smallest absolute Gasteiger partial charge is 0.253 e. The SMILES string of the molecule is CCc1nnc(C)cc1C(=O)NCC(N)(CC)CC.Cl. The number of rotatable bonds is 6. The number of nitrogens with one attached hydrogen (secondary N) is 1. The molecule has 20 heavy (non-hydrogen) atoms. The van der Waals surface area contributed by atoms with Gasteiger partial charge < -0.3 is 11.1 Å². The lowest BCUT2D eigenvalue weighted by atomic mass is 9.94. The summed E-state index contributed by atoms with van der Waals surface area (Å²) in [7, 11) is 0. The Morgan fingerprint density at radius 3 is 2.40 bits per heavy atom. The number of aromatic nitrogens is 2. The van der Waals surface area contributed by atoms with Crippen LogP contribution in [0.25, 0.3) is 0 Å². The summed E-state index contributed by atoms with van der Waals surface area (Å²) in [6.07, 6.45) is 2.35. The molecule has 3 N–H and O–H groups in total. The summed E-state index contributed by atoms with van der Waals surface area (Å²) in [4.78, 5) is 12.2. The van der Waals surface area contributed by atoms with Crippen LogP contribution in [0.2, 0.25) is 0 Å². The lowest BCUT2D eigenvalue weighted by Gasteiger charge is -2.26. The number of halogens is 1. The first-order valence-corrected chi connectivity index (χ1v) is 6.86. The van der Waals surface area contributed by atoms with E-state index in [1.165, 1.54) is 0 Å². The summed E-state index contributed by atoms with van der Waals surface area (Å²) >= 11 is 0. The van der Waals surface area contributed by atoms with Gasteiger partial charge in [0.15, 0.2) is 0 Å². The van der Waals surface area contributed by atoms with Crippen molar-refractivity contribution < 1.29 is 4.79 Å². The number of carbonyl (C=O) groups is 1. The molecule has 0 aliphatic heterocycles. The minimum atomic E-state index is -0.336. The van der Waals surface area contributed by atoms with Gasteiger partial charge >= 0.3 is 0 Å². The highest BCUT2D eigenvalue weighted by atomic mass is 35.5. The first-order valence-electron chi connectivity index (χ1n) is 6.86. The van der Waals surface area contributed by atoms with Gasteiger partial charge in [0.25, 0.3) is 5.91 Å². The lowest BCUT2D eigenvalue weighted by molar-refractivity contribution is 0.0940. The fourth-order valence-corrected chi connectivity index (χ4v) is 1.82. The van der Waals surface area contributed by atoms with Crippen molar-refractivity contribution in [3.8, 4) is 0 Å². The second kappa shape index (κ2) is 8.17. The molecule has 0 atom stereocenters. The van der Waals surface area contributed by atoms with Crippen LogP contribution in [0.4, 0.5) is 0 Å². The van der Waals surface area contributed by atoms with Gasteiger partial charge in [0.2, 0.25) is 0 Å². The Hall–Kier alpha value is -1.20. The first-order chi connectivity index (χ1) is 8.95. The second-order valence-electron chi connectivity index (χ2n) is 4.95. The number of hydrogen-bond donors (Lipinski definition) is 2. The molecule has 1 aromatic heterocycles. The maximum absolute atomic E-state index is 12.2. The minimum Gasteiger partial charge on any atom is -0.350 e. The highest BCUT2D eigenvalue weighted by Gasteiger charge is 2.22. The molecule has 1 aromatic rings. The Kier molecular flexibility index (Phi) is 7.68. The molecule has 0 saturated heterocycles. The van der Waals surface area contributed by atoms with Crippen molar-refractivity contribution in [2.45, 2.75) is 52.5 Å². The number of hydrogen-bond acceptors (Lipinski definition) is 4. The van der Waals surface area contributed by atoms with Crippen molar-refractivity contribution in [3.63, 3.8) is 0 Å². The van der Waals surface area contributed by atoms with Crippen molar-refractivity contribution in [1.82, 2.24) is 15.5 Å². The van der Waals surface area contributed by atoms with Gasteiger partial charge in [-0.3, -0.25) is 4.79 Å². The van der Waals surface area contributed by atoms with E-state index in [4.69, 9.17) is 5.73 Å². The number of nitrogens with two attached hydrogens (primary N) is 1. The summed E-state index contributed by atoms with van der Waals surface area (Å²) in [5.74, 6) is -0.119. The molecule has 6 heteroatoms. The molecule has 0 radical (unpaired) electrons. The van der Waals surface area contributed by atoms with Gasteiger partial charge in [-0.05, 0) is 32.3 Å². The summed E-state index contributed by atoms with van der Waals surface area (Å²) in [5.41, 5.74) is 7.91. The van der Waals surface area contributed by atoms with E-state index in [0.29, 0.717) is 18.5 Å². The van der Waals surface area contributed by atoms with Gasteiger partial charge in [0, 0.05) is 12.1 Å². The Morgan fingerprint density at radius 2 is 1.90 bits per heavy atom. The van der Waals surface area contributed by atoms with E-state index in [9.17, 15) is 4.79 Å². The molecule has 1 amide bonds. The summed E-state index contributed by atoms with van der Waals surface area (Å²) < 4.78 is 0. The molecule has 1 rings (SSSR count). The van der Waals surface area contributed by atoms with Crippen LogP contribution >= 0.6 is 12.4 Å². The Balaban J connectivity index is 0.00000361. The molecule has 0 aliphatic carbocycles. The Morgan fingerprint density at radius 1 is 1.30 bits per heavy atom. The minimum absolute atomic E-state index is 0. The number of aryl methyl sites for hydroxylation is 2. The molecule has 0 fully saturated rings. The number of nitrogens with zero attached hydrogens (tertiary/aromatic N) is 2. The normalized spacial score (nSPS) is 10.8. The highest BCUT2D eigenvalue weighted by molar-refractivity contribution is 5.95. The van der Waals surface area contributed by atoms with Gasteiger partial charge in [-0.25, -0.2) is 0 Å². The van der Waals surface area contributed by atoms with Gasteiger partial charge in [-0.1, -0.05) is 20.8 Å². The van der Waals surface area contributed by atoms with E-state index in [-0.39, 0.29) is 23.9 Å². The molecule has 114 valence electrons. The largest absolute Gasteiger partial charge is 0.350 e. The van der Waals surface area contributed by atoms with Gasteiger partial charge in [-0.2, -0.15) is 10.2 Å². The van der Waals surface area contributed by atoms with Crippen LogP contribution in [0.15, 0.2) is 6.07 Å². The number of carbonyl (C=O) groups excluding carboxylic acids is 1. The Bertz CT molecular complexity index is 447. The third kappa shape index (κ3) is 4.72. The zero-order valence-electron chi connectivity index (χ0n) is 12.7. The summed E-state index contributed by atoms with van der Waals surface area (Å²) in [6, 6.07) is 1.78. The quantitative estimate of drug-likeness (QED) is 0.842. The van der Waals surface area contributed by atoms with Crippen LogP contribution in [0.5, 0.6) is 0 Å². The molecule has 5 nitrogen and oxygen atoms in total. The molecule has 0 unspecified atom stereocenters. The topological polar surface area (TPSA) is 80.9 Å². The predicted molar refractivity (Wildman–Crippen MR) is 83.2 cm³/mol. The first kappa shape index (κ1) is 18.8. The summed E-state index contributed by atoms with van der Waals surface area (Å²) in [5, 5.41) is 11.0. The van der Waals surface area contributed by atoms with Crippen molar-refractivity contribution in [2.24, 2.45) is 5.73 Å². The van der Waals surface area contributed by atoms with E-state index in [2.05, 4.69) is 15.5 Å². The second-order valence-corrected chi connectivity index (χ2v) is 4.95. The van der Waals surface area contributed by atoms with E-state index < -0.39 is 0 Å². The van der Waals surface area contributed by atoms with Gasteiger partial charge in [0.1, 0.15) is 0 Å². The van der Waals surface area contributed by atoms with E-state index in [1.807, 2.05) is 27.7 Å². The van der Waals surface area contributed by atoms with E-state index in [0.717, 1.165) is 24.2 Å². The molecular formula is C14H25ClN4O. The summed E-state index contributed by atoms with van der Waals surface area (Å²) in [6.45, 7) is 8.33. The van der Waals surface area contributed by atoms with Crippen molar-refractivity contribution in [3.05, 3.63) is 23.0 Å². The molecule has 0 bridgehead atoms. The van der Waals surface area contributed by atoms with Crippen molar-refractivity contribution >= 4 is 18.3 Å². The predicted octanol–water partition coefficient (Wildman–Crippen LogP) is 2.02. The maximum atomic E-state index is 12.2. The standard InChI is InChI=1S/C14H24N4O.ClH/c1-5-12-11(8-10(4)17-18-12)13(19)16-9-14(15,6-2)7-3;/h8H,5-7,9,15H2,1-4H3,(H,16,19);1H. The average Bonchev–Trinajstić information content (AvgIpc) is 2.44. The molecule has 0 spiro atoms. The lowest BCUT2D eigenvalue weighted by Crippen LogP contribution is -2.49. The van der Waals surface area contributed by atoms with E-state index >= 15 is 0 Å².